The number of ether oxygens (including phenoxy) is 1. The highest BCUT2D eigenvalue weighted by Crippen LogP contribution is 2.25. The normalized spacial score (nSPS) is 21.8. The second-order valence-corrected chi connectivity index (χ2v) is 6.89. The number of sulfonamides is 1. The van der Waals surface area contributed by atoms with Crippen molar-refractivity contribution in [3.05, 3.63) is 18.3 Å². The number of anilines is 1. The number of hydrogen-bond acceptors (Lipinski definition) is 5. The molecule has 0 aliphatic heterocycles. The third kappa shape index (κ3) is 4.39. The van der Waals surface area contributed by atoms with E-state index in [1.165, 1.54) is 6.20 Å². The van der Waals surface area contributed by atoms with Crippen LogP contribution in [0.4, 0.5) is 5.82 Å². The summed E-state index contributed by atoms with van der Waals surface area (Å²) >= 11 is 0. The van der Waals surface area contributed by atoms with Gasteiger partial charge in [-0.05, 0) is 38.3 Å². The summed E-state index contributed by atoms with van der Waals surface area (Å²) in [6.07, 6.45) is 4.03. The summed E-state index contributed by atoms with van der Waals surface area (Å²) in [5, 5.41) is 3.11. The number of nitrogens with one attached hydrogen (secondary N) is 2. The molecule has 0 radical (unpaired) electrons. The van der Waals surface area contributed by atoms with Crippen LogP contribution in [-0.2, 0) is 14.8 Å². The predicted molar refractivity (Wildman–Crippen MR) is 81.8 cm³/mol. The Bertz CT molecular complexity index is 539. The van der Waals surface area contributed by atoms with Gasteiger partial charge in [0.25, 0.3) is 0 Å². The van der Waals surface area contributed by atoms with Gasteiger partial charge in [0, 0.05) is 25.4 Å². The van der Waals surface area contributed by atoms with Gasteiger partial charge >= 0.3 is 0 Å². The molecule has 2 N–H and O–H groups in total. The first-order chi connectivity index (χ1) is 10.0. The molecule has 1 aliphatic rings. The van der Waals surface area contributed by atoms with Gasteiger partial charge in [0.15, 0.2) is 0 Å². The monoisotopic (exact) mass is 313 g/mol. The largest absolute Gasteiger partial charge is 0.378 e. The molecule has 0 amide bonds. The molecule has 6 nitrogen and oxygen atoms in total. The summed E-state index contributed by atoms with van der Waals surface area (Å²) in [5.74, 6) is 0.691. The van der Waals surface area contributed by atoms with Crippen LogP contribution in [0.5, 0.6) is 0 Å². The highest BCUT2D eigenvalue weighted by Gasteiger charge is 2.33. The first-order valence-electron chi connectivity index (χ1n) is 7.39. The van der Waals surface area contributed by atoms with E-state index in [1.54, 1.807) is 12.1 Å². The molecule has 1 aromatic heterocycles. The van der Waals surface area contributed by atoms with E-state index in [-0.39, 0.29) is 17.0 Å². The Balaban J connectivity index is 1.90. The van der Waals surface area contributed by atoms with Gasteiger partial charge in [0.2, 0.25) is 10.0 Å². The van der Waals surface area contributed by atoms with E-state index in [0.717, 1.165) is 25.8 Å². The number of hydrogen-bond donors (Lipinski definition) is 2. The summed E-state index contributed by atoms with van der Waals surface area (Å²) in [6, 6.07) is 3.23. The maximum atomic E-state index is 12.2. The van der Waals surface area contributed by atoms with Crippen molar-refractivity contribution in [1.82, 2.24) is 9.71 Å². The Hall–Kier alpha value is -1.18. The molecule has 0 unspecified atom stereocenters. The van der Waals surface area contributed by atoms with E-state index in [2.05, 4.69) is 21.9 Å². The third-order valence-corrected chi connectivity index (χ3v) is 4.93. The van der Waals surface area contributed by atoms with Crippen molar-refractivity contribution in [2.45, 2.75) is 50.2 Å². The summed E-state index contributed by atoms with van der Waals surface area (Å²) in [5.41, 5.74) is 0. The maximum absolute atomic E-state index is 12.2. The van der Waals surface area contributed by atoms with Crippen molar-refractivity contribution in [3.63, 3.8) is 0 Å². The summed E-state index contributed by atoms with van der Waals surface area (Å²) in [4.78, 5) is 4.32. The first-order valence-corrected chi connectivity index (χ1v) is 8.87. The molecule has 1 aromatic rings. The lowest BCUT2D eigenvalue weighted by atomic mass is 9.90. The zero-order valence-electron chi connectivity index (χ0n) is 12.5. The smallest absolute Gasteiger partial charge is 0.242 e. The summed E-state index contributed by atoms with van der Waals surface area (Å²) in [7, 11) is -3.49. The Morgan fingerprint density at radius 1 is 1.33 bits per heavy atom. The average molecular weight is 313 g/mol. The van der Waals surface area contributed by atoms with Gasteiger partial charge in [-0.1, -0.05) is 6.92 Å². The molecule has 0 bridgehead atoms. The van der Waals surface area contributed by atoms with Crippen LogP contribution in [0, 0.1) is 0 Å². The van der Waals surface area contributed by atoms with Crippen molar-refractivity contribution < 1.29 is 13.2 Å². The lowest BCUT2D eigenvalue weighted by Gasteiger charge is -2.35. The first kappa shape index (κ1) is 16.2. The zero-order chi connectivity index (χ0) is 15.3. The highest BCUT2D eigenvalue weighted by molar-refractivity contribution is 7.89. The van der Waals surface area contributed by atoms with Gasteiger partial charge in [0.05, 0.1) is 6.10 Å². The van der Waals surface area contributed by atoms with Crippen molar-refractivity contribution >= 4 is 15.8 Å². The van der Waals surface area contributed by atoms with Crippen LogP contribution >= 0.6 is 0 Å². The Kier molecular flexibility index (Phi) is 5.55. The van der Waals surface area contributed by atoms with Gasteiger partial charge in [-0.2, -0.15) is 0 Å². The Morgan fingerprint density at radius 2 is 2.10 bits per heavy atom. The molecule has 0 saturated heterocycles. The Labute approximate surface area is 126 Å². The molecule has 2 rings (SSSR count). The minimum absolute atomic E-state index is 0.0376. The second-order valence-electron chi connectivity index (χ2n) is 5.17. The van der Waals surface area contributed by atoms with Gasteiger partial charge in [-0.15, -0.1) is 0 Å². The third-order valence-electron chi connectivity index (χ3n) is 3.42. The highest BCUT2D eigenvalue weighted by atomic mass is 32.2. The van der Waals surface area contributed by atoms with E-state index >= 15 is 0 Å². The lowest BCUT2D eigenvalue weighted by molar-refractivity contribution is -0.00475. The molecular weight excluding hydrogens is 290 g/mol. The predicted octanol–water partition coefficient (Wildman–Crippen LogP) is 1.75. The SMILES string of the molecule is CCCNc1ccc(S(=O)(=O)NC2CC(OCC)C2)cn1. The van der Waals surface area contributed by atoms with Crippen molar-refractivity contribution in [2.75, 3.05) is 18.5 Å². The number of rotatable bonds is 8. The Morgan fingerprint density at radius 3 is 2.67 bits per heavy atom. The van der Waals surface area contributed by atoms with Crippen LogP contribution in [0.3, 0.4) is 0 Å². The quantitative estimate of drug-likeness (QED) is 0.764. The van der Waals surface area contributed by atoms with E-state index in [9.17, 15) is 8.42 Å². The van der Waals surface area contributed by atoms with Crippen LogP contribution in [0.1, 0.15) is 33.1 Å². The minimum atomic E-state index is -3.49. The van der Waals surface area contributed by atoms with Crippen molar-refractivity contribution in [3.8, 4) is 0 Å². The second kappa shape index (κ2) is 7.20. The van der Waals surface area contributed by atoms with Gasteiger partial charge < -0.3 is 10.1 Å². The topological polar surface area (TPSA) is 80.3 Å². The van der Waals surface area contributed by atoms with Gasteiger partial charge in [-0.25, -0.2) is 18.1 Å². The van der Waals surface area contributed by atoms with Crippen LogP contribution in [0.15, 0.2) is 23.2 Å². The van der Waals surface area contributed by atoms with E-state index in [1.807, 2.05) is 6.92 Å². The fourth-order valence-corrected chi connectivity index (χ4v) is 3.42. The van der Waals surface area contributed by atoms with Crippen LogP contribution < -0.4 is 10.0 Å². The molecule has 7 heteroatoms. The number of nitrogens with zero attached hydrogens (tertiary/aromatic N) is 1. The van der Waals surface area contributed by atoms with Crippen molar-refractivity contribution in [1.29, 1.82) is 0 Å². The lowest BCUT2D eigenvalue weighted by Crippen LogP contribution is -2.47. The molecule has 1 heterocycles. The van der Waals surface area contributed by atoms with Gasteiger partial charge in [0.1, 0.15) is 10.7 Å². The van der Waals surface area contributed by atoms with Crippen molar-refractivity contribution in [2.24, 2.45) is 0 Å². The molecule has 0 aromatic carbocycles. The fraction of sp³-hybridized carbons (Fsp3) is 0.643. The molecular formula is C14H23N3O3S. The molecule has 118 valence electrons. The van der Waals surface area contributed by atoms with E-state index in [4.69, 9.17) is 4.74 Å². The van der Waals surface area contributed by atoms with Crippen LogP contribution in [0.25, 0.3) is 0 Å². The molecule has 1 fully saturated rings. The summed E-state index contributed by atoms with van der Waals surface area (Å²) < 4.78 is 32.5. The number of aromatic nitrogens is 1. The average Bonchev–Trinajstić information content (AvgIpc) is 2.43. The van der Waals surface area contributed by atoms with E-state index in [0.29, 0.717) is 12.4 Å². The molecule has 1 aliphatic carbocycles. The minimum Gasteiger partial charge on any atom is -0.378 e. The van der Waals surface area contributed by atoms with Gasteiger partial charge in [-0.3, -0.25) is 0 Å². The van der Waals surface area contributed by atoms with E-state index < -0.39 is 10.0 Å². The maximum Gasteiger partial charge on any atom is 0.242 e. The van der Waals surface area contributed by atoms with Crippen LogP contribution in [-0.4, -0.2) is 38.7 Å². The standard InChI is InChI=1S/C14H23N3O3S/c1-3-7-15-14-6-5-13(10-16-14)21(18,19)17-11-8-12(9-11)20-4-2/h5-6,10-12,17H,3-4,7-9H2,1-2H3,(H,15,16). The van der Waals surface area contributed by atoms with Crippen LogP contribution in [0.2, 0.25) is 0 Å². The zero-order valence-corrected chi connectivity index (χ0v) is 13.3. The molecule has 0 atom stereocenters. The number of pyridine rings is 1. The summed E-state index contributed by atoms with van der Waals surface area (Å²) in [6.45, 7) is 5.49. The molecule has 21 heavy (non-hydrogen) atoms. The molecule has 1 saturated carbocycles. The fourth-order valence-electron chi connectivity index (χ4n) is 2.22. The molecule has 0 spiro atoms.